The van der Waals surface area contributed by atoms with E-state index in [0.29, 0.717) is 0 Å². The molecule has 0 aliphatic carbocycles. The molecule has 0 N–H and O–H groups in total. The van der Waals surface area contributed by atoms with Gasteiger partial charge in [0.05, 0.1) is 0 Å². The van der Waals surface area contributed by atoms with Crippen LogP contribution >= 0.6 is 34.0 Å². The summed E-state index contributed by atoms with van der Waals surface area (Å²) in [6.07, 6.45) is 0. The molecule has 0 unspecified atom stereocenters. The van der Waals surface area contributed by atoms with Crippen LogP contribution in [0.15, 0.2) is 18.2 Å². The highest BCUT2D eigenvalue weighted by atomic mass is 32.1. The average Bonchev–Trinajstić information content (AvgIpc) is 3.01. The topological polar surface area (TPSA) is 0 Å². The van der Waals surface area contributed by atoms with E-state index in [1.807, 2.05) is 34.0 Å². The summed E-state index contributed by atoms with van der Waals surface area (Å²) in [7, 11) is 0. The Morgan fingerprint density at radius 2 is 1.00 bits per heavy atom. The predicted molar refractivity (Wildman–Crippen MR) is 94.6 cm³/mol. The SMILES string of the molecule is Cc1cc(-c2cc(C)c(-c3cc(C)c(C)s3)s2)sc1C. The summed E-state index contributed by atoms with van der Waals surface area (Å²) in [5.41, 5.74) is 4.21. The summed E-state index contributed by atoms with van der Waals surface area (Å²) in [6, 6.07) is 6.99. The molecule has 0 aromatic carbocycles. The van der Waals surface area contributed by atoms with Gasteiger partial charge in [-0.25, -0.2) is 0 Å². The minimum absolute atomic E-state index is 1.40. The minimum Gasteiger partial charge on any atom is -0.139 e. The average molecular weight is 319 g/mol. The first kappa shape index (κ1) is 14.1. The minimum atomic E-state index is 1.40. The third-order valence-electron chi connectivity index (χ3n) is 3.72. The van der Waals surface area contributed by atoms with Gasteiger partial charge in [-0.1, -0.05) is 0 Å². The van der Waals surface area contributed by atoms with Crippen molar-refractivity contribution in [1.29, 1.82) is 0 Å². The molecule has 104 valence electrons. The highest BCUT2D eigenvalue weighted by Gasteiger charge is 2.14. The summed E-state index contributed by atoms with van der Waals surface area (Å²) in [4.78, 5) is 8.52. The van der Waals surface area contributed by atoms with Gasteiger partial charge in [0.25, 0.3) is 0 Å². The van der Waals surface area contributed by atoms with Crippen molar-refractivity contribution in [1.82, 2.24) is 0 Å². The molecule has 0 aliphatic heterocycles. The van der Waals surface area contributed by atoms with Gasteiger partial charge < -0.3 is 0 Å². The molecule has 0 spiro atoms. The van der Waals surface area contributed by atoms with E-state index in [9.17, 15) is 0 Å². The second kappa shape index (κ2) is 5.14. The van der Waals surface area contributed by atoms with Crippen LogP contribution in [0.25, 0.3) is 19.5 Å². The lowest BCUT2D eigenvalue weighted by atomic mass is 10.2. The van der Waals surface area contributed by atoms with E-state index in [4.69, 9.17) is 0 Å². The number of aryl methyl sites for hydroxylation is 5. The fourth-order valence-electron chi connectivity index (χ4n) is 2.23. The lowest BCUT2D eigenvalue weighted by Gasteiger charge is -1.93. The molecule has 0 saturated carbocycles. The number of hydrogen-bond donors (Lipinski definition) is 0. The third kappa shape index (κ3) is 2.39. The quantitative estimate of drug-likeness (QED) is 0.490. The summed E-state index contributed by atoms with van der Waals surface area (Å²) in [5, 5.41) is 0. The van der Waals surface area contributed by atoms with E-state index in [2.05, 4.69) is 52.8 Å². The molecular formula is C17H18S3. The zero-order valence-corrected chi connectivity index (χ0v) is 14.9. The van der Waals surface area contributed by atoms with Crippen LogP contribution in [0.1, 0.15) is 26.4 Å². The van der Waals surface area contributed by atoms with Gasteiger partial charge in [-0.3, -0.25) is 0 Å². The van der Waals surface area contributed by atoms with Gasteiger partial charge in [0.1, 0.15) is 0 Å². The fraction of sp³-hybridized carbons (Fsp3) is 0.294. The molecule has 0 fully saturated rings. The molecule has 0 amide bonds. The molecular weight excluding hydrogens is 300 g/mol. The molecule has 0 saturated heterocycles. The molecule has 3 heteroatoms. The Kier molecular flexibility index (Phi) is 3.61. The molecule has 0 radical (unpaired) electrons. The third-order valence-corrected chi connectivity index (χ3v) is 7.63. The summed E-state index contributed by atoms with van der Waals surface area (Å²) in [5.74, 6) is 0. The predicted octanol–water partition coefficient (Wildman–Crippen LogP) is 6.75. The van der Waals surface area contributed by atoms with E-state index in [-0.39, 0.29) is 0 Å². The first-order chi connectivity index (χ1) is 9.45. The van der Waals surface area contributed by atoms with Gasteiger partial charge in [-0.05, 0) is 69.5 Å². The maximum atomic E-state index is 2.34. The Balaban J connectivity index is 2.07. The smallest absolute Gasteiger partial charge is 0.0478 e. The van der Waals surface area contributed by atoms with Crippen molar-refractivity contribution in [2.75, 3.05) is 0 Å². The first-order valence-electron chi connectivity index (χ1n) is 6.71. The molecule has 3 heterocycles. The highest BCUT2D eigenvalue weighted by Crippen LogP contribution is 2.43. The normalized spacial score (nSPS) is 11.2. The number of hydrogen-bond acceptors (Lipinski definition) is 3. The van der Waals surface area contributed by atoms with Crippen molar-refractivity contribution in [2.24, 2.45) is 0 Å². The van der Waals surface area contributed by atoms with Crippen LogP contribution in [0.2, 0.25) is 0 Å². The molecule has 3 aromatic rings. The van der Waals surface area contributed by atoms with Gasteiger partial charge in [-0.2, -0.15) is 0 Å². The summed E-state index contributed by atoms with van der Waals surface area (Å²) < 4.78 is 0. The Morgan fingerprint density at radius 3 is 1.50 bits per heavy atom. The largest absolute Gasteiger partial charge is 0.139 e. The summed E-state index contributed by atoms with van der Waals surface area (Å²) in [6.45, 7) is 11.0. The second-order valence-corrected chi connectivity index (χ2v) is 8.89. The fourth-order valence-corrected chi connectivity index (χ4v) is 5.71. The standard InChI is InChI=1S/C17H18S3/c1-9-6-14(18-12(9)4)15-8-11(3)17(20-15)16-7-10(2)13(5)19-16/h6-8H,1-5H3. The summed E-state index contributed by atoms with van der Waals surface area (Å²) >= 11 is 5.75. The van der Waals surface area contributed by atoms with Crippen LogP contribution < -0.4 is 0 Å². The number of thiophene rings is 3. The van der Waals surface area contributed by atoms with Crippen molar-refractivity contribution in [2.45, 2.75) is 34.6 Å². The van der Waals surface area contributed by atoms with Crippen LogP contribution in [-0.2, 0) is 0 Å². The lowest BCUT2D eigenvalue weighted by Crippen LogP contribution is -1.67. The Bertz CT molecular complexity index is 729. The van der Waals surface area contributed by atoms with Crippen molar-refractivity contribution in [3.05, 3.63) is 44.6 Å². The van der Waals surface area contributed by atoms with E-state index >= 15 is 0 Å². The lowest BCUT2D eigenvalue weighted by molar-refractivity contribution is 1.44. The molecule has 20 heavy (non-hydrogen) atoms. The van der Waals surface area contributed by atoms with Crippen LogP contribution in [0, 0.1) is 34.6 Å². The van der Waals surface area contributed by atoms with Gasteiger partial charge >= 0.3 is 0 Å². The van der Waals surface area contributed by atoms with Crippen molar-refractivity contribution in [3.8, 4) is 19.5 Å². The number of rotatable bonds is 2. The van der Waals surface area contributed by atoms with Crippen molar-refractivity contribution >= 4 is 34.0 Å². The van der Waals surface area contributed by atoms with Gasteiger partial charge in [0.15, 0.2) is 0 Å². The monoisotopic (exact) mass is 318 g/mol. The zero-order chi connectivity index (χ0) is 14.4. The molecule has 0 bridgehead atoms. The van der Waals surface area contributed by atoms with E-state index in [1.165, 1.54) is 46.0 Å². The van der Waals surface area contributed by atoms with Crippen LogP contribution in [0.5, 0.6) is 0 Å². The Hall–Kier alpha value is -0.900. The highest BCUT2D eigenvalue weighted by molar-refractivity contribution is 7.26. The molecule has 3 aromatic heterocycles. The first-order valence-corrected chi connectivity index (χ1v) is 9.16. The van der Waals surface area contributed by atoms with E-state index in [1.54, 1.807) is 0 Å². The van der Waals surface area contributed by atoms with Crippen LogP contribution in [-0.4, -0.2) is 0 Å². The molecule has 0 nitrogen and oxygen atoms in total. The van der Waals surface area contributed by atoms with Gasteiger partial charge in [0, 0.05) is 29.3 Å². The van der Waals surface area contributed by atoms with Crippen LogP contribution in [0.4, 0.5) is 0 Å². The Labute approximate surface area is 132 Å². The maximum absolute atomic E-state index is 2.34. The molecule has 3 rings (SSSR count). The second-order valence-electron chi connectivity index (χ2n) is 5.32. The molecule has 0 aliphatic rings. The van der Waals surface area contributed by atoms with E-state index < -0.39 is 0 Å². The van der Waals surface area contributed by atoms with Gasteiger partial charge in [-0.15, -0.1) is 34.0 Å². The van der Waals surface area contributed by atoms with Crippen molar-refractivity contribution in [3.63, 3.8) is 0 Å². The Morgan fingerprint density at radius 1 is 0.550 bits per heavy atom. The maximum Gasteiger partial charge on any atom is 0.0478 e. The van der Waals surface area contributed by atoms with Gasteiger partial charge in [0.2, 0.25) is 0 Å². The zero-order valence-electron chi connectivity index (χ0n) is 12.5. The van der Waals surface area contributed by atoms with Crippen LogP contribution in [0.3, 0.4) is 0 Å². The van der Waals surface area contributed by atoms with E-state index in [0.717, 1.165) is 0 Å². The van der Waals surface area contributed by atoms with Crippen molar-refractivity contribution < 1.29 is 0 Å². The molecule has 0 atom stereocenters.